The third-order valence-electron chi connectivity index (χ3n) is 7.55. The predicted octanol–water partition coefficient (Wildman–Crippen LogP) is 2.60. The lowest BCUT2D eigenvalue weighted by atomic mass is 10.1. The molecule has 0 radical (unpaired) electrons. The highest BCUT2D eigenvalue weighted by Crippen LogP contribution is 2.43. The molecule has 37 heavy (non-hydrogen) atoms. The summed E-state index contributed by atoms with van der Waals surface area (Å²) in [6, 6.07) is 3.96. The van der Waals surface area contributed by atoms with Crippen molar-refractivity contribution in [2.75, 3.05) is 52.7 Å². The zero-order valence-corrected chi connectivity index (χ0v) is 22.7. The van der Waals surface area contributed by atoms with Crippen molar-refractivity contribution in [3.63, 3.8) is 0 Å². The fraction of sp³-hybridized carbons (Fsp3) is 0.769. The lowest BCUT2D eigenvalue weighted by Crippen LogP contribution is -2.47. The first-order chi connectivity index (χ1) is 17.7. The minimum absolute atomic E-state index is 0.222. The Balaban J connectivity index is 0.975. The third kappa shape index (κ3) is 5.46. The third-order valence-corrected chi connectivity index (χ3v) is 7.97. The molecule has 6 rings (SSSR count). The van der Waals surface area contributed by atoms with E-state index < -0.39 is 17.9 Å². The highest BCUT2D eigenvalue weighted by Gasteiger charge is 2.59. The average molecular weight is 541 g/mol. The molecule has 5 aliphatic heterocycles. The van der Waals surface area contributed by atoms with E-state index in [0.717, 1.165) is 44.8 Å². The monoisotopic (exact) mass is 540 g/mol. The first-order valence-corrected chi connectivity index (χ1v) is 13.5. The van der Waals surface area contributed by atoms with Crippen LogP contribution in [0.1, 0.15) is 33.3 Å². The van der Waals surface area contributed by atoms with Gasteiger partial charge in [-0.3, -0.25) is 9.80 Å². The molecule has 0 aliphatic carbocycles. The zero-order chi connectivity index (χ0) is 25.8. The molecule has 0 spiro atoms. The summed E-state index contributed by atoms with van der Waals surface area (Å²) in [6.45, 7) is 14.3. The van der Waals surface area contributed by atoms with Crippen LogP contribution in [0.25, 0.3) is 0 Å². The van der Waals surface area contributed by atoms with E-state index in [1.807, 2.05) is 39.8 Å². The number of fused-ring (bicyclic) bond motifs is 2. The van der Waals surface area contributed by atoms with Gasteiger partial charge in [0.05, 0.1) is 18.2 Å². The molecular formula is C26H37ClN2O8. The van der Waals surface area contributed by atoms with Crippen molar-refractivity contribution in [3.05, 3.63) is 22.7 Å². The Hall–Kier alpha value is -1.21. The number of piperazine rings is 1. The van der Waals surface area contributed by atoms with E-state index in [1.54, 1.807) is 0 Å². The molecule has 1 aromatic carbocycles. The van der Waals surface area contributed by atoms with E-state index >= 15 is 0 Å². The van der Waals surface area contributed by atoms with Gasteiger partial charge >= 0.3 is 0 Å². The van der Waals surface area contributed by atoms with Crippen LogP contribution in [0.15, 0.2) is 12.1 Å². The minimum atomic E-state index is -0.689. The predicted molar refractivity (Wildman–Crippen MR) is 133 cm³/mol. The maximum Gasteiger partial charge on any atom is 0.231 e. The smallest absolute Gasteiger partial charge is 0.231 e. The Morgan fingerprint density at radius 1 is 0.919 bits per heavy atom. The highest BCUT2D eigenvalue weighted by atomic mass is 35.5. The summed E-state index contributed by atoms with van der Waals surface area (Å²) in [4.78, 5) is 4.82. The summed E-state index contributed by atoms with van der Waals surface area (Å²) in [6.07, 6.45) is -1.58. The highest BCUT2D eigenvalue weighted by molar-refractivity contribution is 6.33. The Morgan fingerprint density at radius 3 is 2.43 bits per heavy atom. The molecule has 1 aromatic rings. The fourth-order valence-corrected chi connectivity index (χ4v) is 5.98. The average Bonchev–Trinajstić information content (AvgIpc) is 3.60. The lowest BCUT2D eigenvalue weighted by Gasteiger charge is -2.35. The summed E-state index contributed by atoms with van der Waals surface area (Å²) in [5, 5.41) is 0.651. The Kier molecular flexibility index (Phi) is 7.09. The van der Waals surface area contributed by atoms with Crippen LogP contribution in [-0.2, 0) is 35.0 Å². The molecule has 4 saturated heterocycles. The Labute approximate surface area is 222 Å². The molecule has 206 valence electrons. The molecule has 0 N–H and O–H groups in total. The Morgan fingerprint density at radius 2 is 1.68 bits per heavy atom. The normalized spacial score (nSPS) is 34.8. The first kappa shape index (κ1) is 26.0. The number of halogens is 1. The van der Waals surface area contributed by atoms with E-state index in [2.05, 4.69) is 9.80 Å². The van der Waals surface area contributed by atoms with E-state index in [4.69, 9.17) is 49.5 Å². The minimum Gasteiger partial charge on any atom is -0.454 e. The molecule has 4 fully saturated rings. The molecule has 5 aliphatic rings. The van der Waals surface area contributed by atoms with Crippen molar-refractivity contribution in [2.24, 2.45) is 0 Å². The summed E-state index contributed by atoms with van der Waals surface area (Å²) in [5.74, 6) is 0.0524. The van der Waals surface area contributed by atoms with Crippen LogP contribution < -0.4 is 9.47 Å². The summed E-state index contributed by atoms with van der Waals surface area (Å²) >= 11 is 6.55. The van der Waals surface area contributed by atoms with E-state index in [1.165, 1.54) is 0 Å². The second kappa shape index (κ2) is 10.1. The first-order valence-electron chi connectivity index (χ1n) is 13.1. The van der Waals surface area contributed by atoms with E-state index in [0.29, 0.717) is 29.7 Å². The summed E-state index contributed by atoms with van der Waals surface area (Å²) in [5.41, 5.74) is 1.06. The van der Waals surface area contributed by atoms with Crippen molar-refractivity contribution < 1.29 is 37.9 Å². The van der Waals surface area contributed by atoms with Crippen LogP contribution in [0.5, 0.6) is 11.5 Å². The van der Waals surface area contributed by atoms with Gasteiger partial charge in [-0.25, -0.2) is 0 Å². The fourth-order valence-electron chi connectivity index (χ4n) is 5.71. The molecule has 1 unspecified atom stereocenters. The SMILES string of the molecule is CC1(C)OCC([C@H]2O[C@H](OCCN3CCN(Cc4ccc5c(c4Cl)OCO5)CC3)[C@H]3OC(C)(C)O[C@H]32)O1. The Bertz CT molecular complexity index is 986. The van der Waals surface area contributed by atoms with E-state index in [9.17, 15) is 0 Å². The molecule has 11 heteroatoms. The zero-order valence-electron chi connectivity index (χ0n) is 21.9. The van der Waals surface area contributed by atoms with Crippen molar-refractivity contribution in [2.45, 2.75) is 76.5 Å². The lowest BCUT2D eigenvalue weighted by molar-refractivity contribution is -0.248. The molecule has 0 aromatic heterocycles. The van der Waals surface area contributed by atoms with Crippen molar-refractivity contribution in [1.29, 1.82) is 0 Å². The number of rotatable bonds is 7. The van der Waals surface area contributed by atoms with Crippen molar-refractivity contribution in [3.8, 4) is 11.5 Å². The number of hydrogen-bond donors (Lipinski definition) is 0. The maximum absolute atomic E-state index is 6.55. The van der Waals surface area contributed by atoms with Gasteiger partial charge in [0, 0.05) is 39.3 Å². The van der Waals surface area contributed by atoms with Crippen molar-refractivity contribution in [1.82, 2.24) is 9.80 Å². The van der Waals surface area contributed by atoms with E-state index in [-0.39, 0.29) is 31.2 Å². The van der Waals surface area contributed by atoms with Crippen LogP contribution in [0.4, 0.5) is 0 Å². The molecule has 0 saturated carbocycles. The standard InChI is InChI=1S/C26H37ClN2O8/c1-25(2)33-14-18(35-25)21-22-23(37-26(3,4)36-22)24(34-21)30-12-11-28-7-9-29(10-8-28)13-16-5-6-17-20(19(16)27)32-15-31-17/h5-6,18,21-24H,7-15H2,1-4H3/t18?,21-,22+,23+,24+/m1/s1. The molecule has 5 atom stereocenters. The van der Waals surface area contributed by atoms with Crippen LogP contribution in [0, 0.1) is 0 Å². The van der Waals surface area contributed by atoms with Crippen LogP contribution in [0.3, 0.4) is 0 Å². The summed E-state index contributed by atoms with van der Waals surface area (Å²) < 4.78 is 47.6. The molecule has 5 heterocycles. The number of ether oxygens (including phenoxy) is 8. The quantitative estimate of drug-likeness (QED) is 0.515. The number of benzene rings is 1. The van der Waals surface area contributed by atoms with Crippen molar-refractivity contribution >= 4 is 11.6 Å². The van der Waals surface area contributed by atoms with Gasteiger partial charge in [0.2, 0.25) is 6.79 Å². The molecule has 0 bridgehead atoms. The van der Waals surface area contributed by atoms with Gasteiger partial charge < -0.3 is 37.9 Å². The maximum atomic E-state index is 6.55. The number of nitrogens with zero attached hydrogens (tertiary/aromatic N) is 2. The molecule has 0 amide bonds. The summed E-state index contributed by atoms with van der Waals surface area (Å²) in [7, 11) is 0. The van der Waals surface area contributed by atoms with Gasteiger partial charge in [-0.05, 0) is 39.3 Å². The van der Waals surface area contributed by atoms with Crippen LogP contribution in [0.2, 0.25) is 5.02 Å². The van der Waals surface area contributed by atoms with Gasteiger partial charge in [0.15, 0.2) is 29.4 Å². The van der Waals surface area contributed by atoms with Gasteiger partial charge in [0.25, 0.3) is 0 Å². The van der Waals surface area contributed by atoms with Crippen LogP contribution in [-0.4, -0.2) is 105 Å². The largest absolute Gasteiger partial charge is 0.454 e. The second-order valence-electron chi connectivity index (χ2n) is 11.2. The number of hydrogen-bond acceptors (Lipinski definition) is 10. The van der Waals surface area contributed by atoms with Gasteiger partial charge in [-0.2, -0.15) is 0 Å². The van der Waals surface area contributed by atoms with Gasteiger partial charge in [0.1, 0.15) is 24.4 Å². The topological polar surface area (TPSA) is 80.3 Å². The molecular weight excluding hydrogens is 504 g/mol. The van der Waals surface area contributed by atoms with Gasteiger partial charge in [-0.1, -0.05) is 17.7 Å². The molecule has 10 nitrogen and oxygen atoms in total. The second-order valence-corrected chi connectivity index (χ2v) is 11.5. The van der Waals surface area contributed by atoms with Gasteiger partial charge in [-0.15, -0.1) is 0 Å². The van der Waals surface area contributed by atoms with Crippen LogP contribution >= 0.6 is 11.6 Å².